The molecule has 0 spiro atoms. The maximum absolute atomic E-state index is 5.71. The molecule has 2 N–H and O–H groups in total. The zero-order chi connectivity index (χ0) is 14.5. The van der Waals surface area contributed by atoms with Crippen LogP contribution in [0.4, 0.5) is 5.69 Å². The van der Waals surface area contributed by atoms with Crippen molar-refractivity contribution in [2.24, 2.45) is 0 Å². The third-order valence-corrected chi connectivity index (χ3v) is 3.88. The van der Waals surface area contributed by atoms with Crippen molar-refractivity contribution in [3.63, 3.8) is 0 Å². The largest absolute Gasteiger partial charge is 0.493 e. The lowest BCUT2D eigenvalue weighted by atomic mass is 10.2. The fourth-order valence-corrected chi connectivity index (χ4v) is 2.73. The average molecular weight is 297 g/mol. The quantitative estimate of drug-likeness (QED) is 0.733. The summed E-state index contributed by atoms with van der Waals surface area (Å²) in [6.07, 6.45) is 4.33. The van der Waals surface area contributed by atoms with Crippen LogP contribution in [0.1, 0.15) is 5.01 Å². The summed E-state index contributed by atoms with van der Waals surface area (Å²) in [6.45, 7) is 0.590. The lowest BCUT2D eigenvalue weighted by Crippen LogP contribution is -2.01. The van der Waals surface area contributed by atoms with Gasteiger partial charge in [0.05, 0.1) is 17.3 Å². The van der Waals surface area contributed by atoms with Crippen molar-refractivity contribution in [3.8, 4) is 17.0 Å². The molecular formula is C16H15N3OS. The molecule has 2 aromatic heterocycles. The average Bonchev–Trinajstić information content (AvgIpc) is 2.97. The summed E-state index contributed by atoms with van der Waals surface area (Å²) >= 11 is 1.65. The molecule has 0 saturated carbocycles. The van der Waals surface area contributed by atoms with Gasteiger partial charge in [-0.25, -0.2) is 4.98 Å². The Labute approximate surface area is 127 Å². The van der Waals surface area contributed by atoms with Crippen molar-refractivity contribution in [1.29, 1.82) is 0 Å². The molecule has 0 saturated heterocycles. The van der Waals surface area contributed by atoms with Crippen molar-refractivity contribution in [3.05, 3.63) is 59.2 Å². The van der Waals surface area contributed by atoms with E-state index in [2.05, 4.69) is 15.3 Å². The minimum atomic E-state index is 0.590. The van der Waals surface area contributed by atoms with Crippen LogP contribution in [0.2, 0.25) is 0 Å². The molecule has 4 nitrogen and oxygen atoms in total. The SMILES string of the molecule is Nc1cccc(OCCc2nc(-c3ccncc3)cs2)c1. The van der Waals surface area contributed by atoms with Gasteiger partial charge < -0.3 is 10.5 Å². The highest BCUT2D eigenvalue weighted by atomic mass is 32.1. The van der Waals surface area contributed by atoms with Crippen LogP contribution in [-0.2, 0) is 6.42 Å². The summed E-state index contributed by atoms with van der Waals surface area (Å²) in [6, 6.07) is 11.4. The summed E-state index contributed by atoms with van der Waals surface area (Å²) in [4.78, 5) is 8.63. The zero-order valence-electron chi connectivity index (χ0n) is 11.4. The molecule has 21 heavy (non-hydrogen) atoms. The molecule has 0 aliphatic rings. The third kappa shape index (κ3) is 3.58. The van der Waals surface area contributed by atoms with Gasteiger partial charge in [-0.1, -0.05) is 6.07 Å². The molecule has 3 aromatic rings. The normalized spacial score (nSPS) is 10.5. The standard InChI is InChI=1S/C16H15N3OS/c17-13-2-1-3-14(10-13)20-9-6-16-19-15(11-21-16)12-4-7-18-8-5-12/h1-5,7-8,10-11H,6,9,17H2. The Morgan fingerprint density at radius 2 is 2.00 bits per heavy atom. The molecule has 0 unspecified atom stereocenters. The first-order valence-electron chi connectivity index (χ1n) is 6.64. The van der Waals surface area contributed by atoms with Crippen LogP contribution >= 0.6 is 11.3 Å². The first-order valence-corrected chi connectivity index (χ1v) is 7.52. The summed E-state index contributed by atoms with van der Waals surface area (Å²) in [5, 5.41) is 3.12. The van der Waals surface area contributed by atoms with E-state index in [1.165, 1.54) is 0 Å². The van der Waals surface area contributed by atoms with Gasteiger partial charge in [0, 0.05) is 41.5 Å². The molecule has 0 radical (unpaired) electrons. The maximum Gasteiger partial charge on any atom is 0.121 e. The topological polar surface area (TPSA) is 61.0 Å². The number of nitrogen functional groups attached to an aromatic ring is 1. The summed E-state index contributed by atoms with van der Waals surface area (Å²) < 4.78 is 5.68. The van der Waals surface area contributed by atoms with Gasteiger partial charge in [-0.3, -0.25) is 4.98 Å². The van der Waals surface area contributed by atoms with Gasteiger partial charge in [0.1, 0.15) is 5.75 Å². The number of ether oxygens (including phenoxy) is 1. The number of hydrogen-bond donors (Lipinski definition) is 1. The zero-order valence-corrected chi connectivity index (χ0v) is 12.2. The maximum atomic E-state index is 5.71. The summed E-state index contributed by atoms with van der Waals surface area (Å²) in [5.41, 5.74) is 8.50. The fourth-order valence-electron chi connectivity index (χ4n) is 1.94. The van der Waals surface area contributed by atoms with Gasteiger partial charge in [-0.15, -0.1) is 11.3 Å². The smallest absolute Gasteiger partial charge is 0.121 e. The molecule has 0 bridgehead atoms. The second-order valence-electron chi connectivity index (χ2n) is 4.53. The molecule has 2 heterocycles. The van der Waals surface area contributed by atoms with Crippen molar-refractivity contribution >= 4 is 17.0 Å². The van der Waals surface area contributed by atoms with Crippen LogP contribution in [0, 0.1) is 0 Å². The van der Waals surface area contributed by atoms with Gasteiger partial charge in [-0.2, -0.15) is 0 Å². The van der Waals surface area contributed by atoms with Crippen LogP contribution in [-0.4, -0.2) is 16.6 Å². The van der Waals surface area contributed by atoms with E-state index in [0.717, 1.165) is 28.4 Å². The molecule has 0 aliphatic carbocycles. The van der Waals surface area contributed by atoms with E-state index in [4.69, 9.17) is 10.5 Å². The predicted octanol–water partition coefficient (Wildman–Crippen LogP) is 3.41. The van der Waals surface area contributed by atoms with Crippen molar-refractivity contribution in [2.75, 3.05) is 12.3 Å². The fraction of sp³-hybridized carbons (Fsp3) is 0.125. The summed E-state index contributed by atoms with van der Waals surface area (Å²) in [5.74, 6) is 0.793. The van der Waals surface area contributed by atoms with Crippen molar-refractivity contribution < 1.29 is 4.74 Å². The van der Waals surface area contributed by atoms with E-state index in [0.29, 0.717) is 12.3 Å². The monoisotopic (exact) mass is 297 g/mol. The number of aromatic nitrogens is 2. The summed E-state index contributed by atoms with van der Waals surface area (Å²) in [7, 11) is 0. The van der Waals surface area contributed by atoms with Crippen molar-refractivity contribution in [2.45, 2.75) is 6.42 Å². The lowest BCUT2D eigenvalue weighted by molar-refractivity contribution is 0.322. The van der Waals surface area contributed by atoms with E-state index in [-0.39, 0.29) is 0 Å². The van der Waals surface area contributed by atoms with Crippen LogP contribution in [0.3, 0.4) is 0 Å². The Bertz CT molecular complexity index is 712. The highest BCUT2D eigenvalue weighted by molar-refractivity contribution is 7.09. The number of rotatable bonds is 5. The van der Waals surface area contributed by atoms with Gasteiger partial charge in [0.15, 0.2) is 0 Å². The number of pyridine rings is 1. The lowest BCUT2D eigenvalue weighted by Gasteiger charge is -2.05. The number of anilines is 1. The Hall–Kier alpha value is -2.40. The predicted molar refractivity (Wildman–Crippen MR) is 85.4 cm³/mol. The molecular weight excluding hydrogens is 282 g/mol. The Morgan fingerprint density at radius 1 is 1.14 bits per heavy atom. The Morgan fingerprint density at radius 3 is 2.81 bits per heavy atom. The number of hydrogen-bond acceptors (Lipinski definition) is 5. The van der Waals surface area contributed by atoms with Gasteiger partial charge in [0.25, 0.3) is 0 Å². The highest BCUT2D eigenvalue weighted by Crippen LogP contribution is 2.21. The van der Waals surface area contributed by atoms with E-state index < -0.39 is 0 Å². The molecule has 5 heteroatoms. The molecule has 106 valence electrons. The Kier molecular flexibility index (Phi) is 4.12. The van der Waals surface area contributed by atoms with E-state index in [1.807, 2.05) is 36.4 Å². The second kappa shape index (κ2) is 6.37. The first kappa shape index (κ1) is 13.6. The molecule has 0 amide bonds. The second-order valence-corrected chi connectivity index (χ2v) is 5.48. The van der Waals surface area contributed by atoms with Gasteiger partial charge in [-0.05, 0) is 24.3 Å². The van der Waals surface area contributed by atoms with E-state index in [1.54, 1.807) is 23.7 Å². The third-order valence-electron chi connectivity index (χ3n) is 2.97. The highest BCUT2D eigenvalue weighted by Gasteiger charge is 2.04. The molecule has 1 aromatic carbocycles. The van der Waals surface area contributed by atoms with Crippen molar-refractivity contribution in [1.82, 2.24) is 9.97 Å². The van der Waals surface area contributed by atoms with Crippen LogP contribution in [0.25, 0.3) is 11.3 Å². The van der Waals surface area contributed by atoms with Gasteiger partial charge in [0.2, 0.25) is 0 Å². The number of nitrogens with zero attached hydrogens (tertiary/aromatic N) is 2. The van der Waals surface area contributed by atoms with Crippen LogP contribution in [0.15, 0.2) is 54.2 Å². The molecule has 0 atom stereocenters. The molecule has 3 rings (SSSR count). The number of benzene rings is 1. The molecule has 0 fully saturated rings. The molecule has 0 aliphatic heterocycles. The van der Waals surface area contributed by atoms with E-state index >= 15 is 0 Å². The minimum absolute atomic E-state index is 0.590. The van der Waals surface area contributed by atoms with Gasteiger partial charge >= 0.3 is 0 Å². The number of nitrogens with two attached hydrogens (primary N) is 1. The van der Waals surface area contributed by atoms with Crippen LogP contribution < -0.4 is 10.5 Å². The van der Waals surface area contributed by atoms with Crippen LogP contribution in [0.5, 0.6) is 5.75 Å². The van der Waals surface area contributed by atoms with E-state index in [9.17, 15) is 0 Å². The Balaban J connectivity index is 1.58. The minimum Gasteiger partial charge on any atom is -0.493 e. The first-order chi connectivity index (χ1) is 10.3. The number of thiazole rings is 1.